The second-order valence-corrected chi connectivity index (χ2v) is 10.3. The molecule has 4 rings (SSSR count). The van der Waals surface area contributed by atoms with E-state index in [1.807, 2.05) is 13.8 Å². The maximum Gasteiger partial charge on any atom is 0.341 e. The van der Waals surface area contributed by atoms with E-state index in [0.29, 0.717) is 18.8 Å². The number of likely N-dealkylation sites (N-methyl/N-ethyl adjacent to an activating group) is 1. The van der Waals surface area contributed by atoms with Crippen LogP contribution in [0.25, 0.3) is 6.08 Å². The molecule has 2 aromatic carbocycles. The highest BCUT2D eigenvalue weighted by molar-refractivity contribution is 7.92. The second kappa shape index (κ2) is 10.2. The summed E-state index contributed by atoms with van der Waals surface area (Å²) in [6, 6.07) is 6.72. The number of sulfonamides is 1. The zero-order valence-corrected chi connectivity index (χ0v) is 20.6. The van der Waals surface area contributed by atoms with Crippen LogP contribution in [-0.2, 0) is 10.0 Å². The topological polar surface area (TPSA) is 99.2 Å². The summed E-state index contributed by atoms with van der Waals surface area (Å²) in [5, 5.41) is 9.94. The van der Waals surface area contributed by atoms with Gasteiger partial charge in [0.25, 0.3) is 10.0 Å². The van der Waals surface area contributed by atoms with Crippen LogP contribution in [0.2, 0.25) is 0 Å². The number of rotatable bonds is 9. The fourth-order valence-electron chi connectivity index (χ4n) is 4.65. The van der Waals surface area contributed by atoms with Gasteiger partial charge in [-0.1, -0.05) is 26.0 Å². The molecule has 0 saturated carbocycles. The lowest BCUT2D eigenvalue weighted by Gasteiger charge is -2.34. The minimum absolute atomic E-state index is 0.101. The zero-order valence-electron chi connectivity index (χ0n) is 19.8. The van der Waals surface area contributed by atoms with E-state index in [1.165, 1.54) is 12.1 Å². The van der Waals surface area contributed by atoms with Crippen LogP contribution >= 0.6 is 0 Å². The van der Waals surface area contributed by atoms with E-state index in [9.17, 15) is 22.7 Å². The quantitative estimate of drug-likeness (QED) is 0.533. The van der Waals surface area contributed by atoms with Gasteiger partial charge in [-0.05, 0) is 61.8 Å². The maximum atomic E-state index is 14.0. The van der Waals surface area contributed by atoms with Gasteiger partial charge in [-0.15, -0.1) is 0 Å². The summed E-state index contributed by atoms with van der Waals surface area (Å²) in [5.74, 6) is -1.70. The number of fused-ring (bicyclic) bond motifs is 3. The molecule has 35 heavy (non-hydrogen) atoms. The molecule has 0 radical (unpaired) electrons. The number of nitrogens with zero attached hydrogens (tertiary/aromatic N) is 2. The number of carbonyl (C=O) groups is 1. The van der Waals surface area contributed by atoms with E-state index in [2.05, 4.69) is 14.5 Å². The van der Waals surface area contributed by atoms with E-state index in [4.69, 9.17) is 4.74 Å². The Morgan fingerprint density at radius 1 is 1.29 bits per heavy atom. The summed E-state index contributed by atoms with van der Waals surface area (Å²) in [5.41, 5.74) is 0.491. The van der Waals surface area contributed by atoms with Crippen LogP contribution < -0.4 is 14.4 Å². The average Bonchev–Trinajstić information content (AvgIpc) is 3.30. The van der Waals surface area contributed by atoms with Crippen LogP contribution in [0.15, 0.2) is 41.3 Å². The lowest BCUT2D eigenvalue weighted by Crippen LogP contribution is -2.38. The van der Waals surface area contributed by atoms with Crippen LogP contribution in [0.4, 0.5) is 15.8 Å². The van der Waals surface area contributed by atoms with Crippen molar-refractivity contribution in [2.75, 3.05) is 42.4 Å². The van der Waals surface area contributed by atoms with Crippen LogP contribution in [0.3, 0.4) is 0 Å². The molecule has 10 heteroatoms. The molecule has 0 aromatic heterocycles. The van der Waals surface area contributed by atoms with Gasteiger partial charge < -0.3 is 19.6 Å². The Morgan fingerprint density at radius 3 is 2.77 bits per heavy atom. The van der Waals surface area contributed by atoms with Gasteiger partial charge in [-0.2, -0.15) is 0 Å². The number of hydrogen-bond donors (Lipinski definition) is 2. The SMILES string of the molecule is CCN(CC)C/C=C\c1cc(F)ccc1S(=O)(=O)Nc1ccc2c(c1C(=O)O)OCC1CCCN21. The monoisotopic (exact) mass is 503 g/mol. The Balaban J connectivity index is 1.68. The Hall–Kier alpha value is -3.11. The lowest BCUT2D eigenvalue weighted by molar-refractivity contribution is 0.0692. The van der Waals surface area contributed by atoms with Crippen molar-refractivity contribution in [2.24, 2.45) is 0 Å². The van der Waals surface area contributed by atoms with Crippen LogP contribution in [-0.4, -0.2) is 63.2 Å². The number of halogens is 1. The molecule has 1 saturated heterocycles. The third-order valence-corrected chi connectivity index (χ3v) is 7.96. The van der Waals surface area contributed by atoms with E-state index in [0.717, 1.165) is 44.6 Å². The Bertz CT molecular complexity index is 1240. The lowest BCUT2D eigenvalue weighted by atomic mass is 10.1. The van der Waals surface area contributed by atoms with Crippen molar-refractivity contribution < 1.29 is 27.4 Å². The molecular formula is C25H30FN3O5S. The van der Waals surface area contributed by atoms with Crippen molar-refractivity contribution >= 4 is 33.4 Å². The Morgan fingerprint density at radius 2 is 2.06 bits per heavy atom. The predicted octanol–water partition coefficient (Wildman–Crippen LogP) is 4.04. The van der Waals surface area contributed by atoms with Gasteiger partial charge in [0, 0.05) is 13.1 Å². The number of ether oxygens (including phenoxy) is 1. The summed E-state index contributed by atoms with van der Waals surface area (Å²) in [4.78, 5) is 16.3. The van der Waals surface area contributed by atoms with Crippen molar-refractivity contribution in [3.63, 3.8) is 0 Å². The molecule has 2 N–H and O–H groups in total. The standard InChI is InChI=1S/C25H30FN3O5S/c1-3-28(4-2)13-5-7-17-15-18(26)9-12-22(17)35(32,33)27-20-10-11-21-24(23(20)25(30)31)34-16-19-8-6-14-29(19)21/h5,7,9-12,15,19,27H,3-4,6,8,13-14,16H2,1-2H3,(H,30,31)/b7-5-. The molecule has 1 fully saturated rings. The summed E-state index contributed by atoms with van der Waals surface area (Å²) in [6.07, 6.45) is 5.30. The van der Waals surface area contributed by atoms with Gasteiger partial charge in [-0.25, -0.2) is 17.6 Å². The largest absolute Gasteiger partial charge is 0.488 e. The van der Waals surface area contributed by atoms with E-state index in [1.54, 1.807) is 18.2 Å². The highest BCUT2D eigenvalue weighted by atomic mass is 32.2. The van der Waals surface area contributed by atoms with Crippen molar-refractivity contribution in [3.05, 3.63) is 53.4 Å². The number of carboxylic acids is 1. The van der Waals surface area contributed by atoms with Crippen molar-refractivity contribution in [2.45, 2.75) is 37.6 Å². The van der Waals surface area contributed by atoms with Gasteiger partial charge in [0.1, 0.15) is 18.0 Å². The predicted molar refractivity (Wildman–Crippen MR) is 133 cm³/mol. The fourth-order valence-corrected chi connectivity index (χ4v) is 5.91. The maximum absolute atomic E-state index is 14.0. The van der Waals surface area contributed by atoms with Crippen LogP contribution in [0.1, 0.15) is 42.6 Å². The normalized spacial score (nSPS) is 17.4. The number of aromatic carboxylic acids is 1. The molecule has 2 aliphatic heterocycles. The average molecular weight is 504 g/mol. The molecule has 2 aliphatic rings. The summed E-state index contributed by atoms with van der Waals surface area (Å²) in [7, 11) is -4.24. The summed E-state index contributed by atoms with van der Waals surface area (Å²) in [6.45, 7) is 7.42. The fraction of sp³-hybridized carbons (Fsp3) is 0.400. The Kier molecular flexibility index (Phi) is 7.32. The molecule has 8 nitrogen and oxygen atoms in total. The minimum atomic E-state index is -4.24. The van der Waals surface area contributed by atoms with Gasteiger partial charge in [-0.3, -0.25) is 4.72 Å². The first kappa shape index (κ1) is 25.0. The van der Waals surface area contributed by atoms with Gasteiger partial charge in [0.05, 0.1) is 22.3 Å². The molecule has 0 amide bonds. The highest BCUT2D eigenvalue weighted by Gasteiger charge is 2.35. The number of nitrogens with one attached hydrogen (secondary N) is 1. The Labute approximate surface area is 205 Å². The van der Waals surface area contributed by atoms with Gasteiger partial charge in [0.15, 0.2) is 5.75 Å². The van der Waals surface area contributed by atoms with Gasteiger partial charge in [0.2, 0.25) is 0 Å². The van der Waals surface area contributed by atoms with Crippen molar-refractivity contribution in [1.29, 1.82) is 0 Å². The molecule has 0 spiro atoms. The molecule has 2 aromatic rings. The number of benzene rings is 2. The van der Waals surface area contributed by atoms with Crippen molar-refractivity contribution in [1.82, 2.24) is 4.90 Å². The van der Waals surface area contributed by atoms with Crippen LogP contribution in [0, 0.1) is 5.82 Å². The minimum Gasteiger partial charge on any atom is -0.488 e. The molecule has 0 bridgehead atoms. The van der Waals surface area contributed by atoms with Crippen LogP contribution in [0.5, 0.6) is 5.75 Å². The third-order valence-electron chi connectivity index (χ3n) is 6.52. The van der Waals surface area contributed by atoms with Crippen molar-refractivity contribution in [3.8, 4) is 5.75 Å². The smallest absolute Gasteiger partial charge is 0.341 e. The summed E-state index contributed by atoms with van der Waals surface area (Å²) >= 11 is 0. The van der Waals surface area contributed by atoms with E-state index >= 15 is 0 Å². The summed E-state index contributed by atoms with van der Waals surface area (Å²) < 4.78 is 48.9. The highest BCUT2D eigenvalue weighted by Crippen LogP contribution is 2.43. The first-order chi connectivity index (χ1) is 16.7. The second-order valence-electron chi connectivity index (χ2n) is 8.62. The molecule has 1 atom stereocenters. The number of anilines is 2. The van der Waals surface area contributed by atoms with Gasteiger partial charge >= 0.3 is 5.97 Å². The molecule has 2 heterocycles. The third kappa shape index (κ3) is 5.13. The number of hydrogen-bond acceptors (Lipinski definition) is 6. The molecule has 1 unspecified atom stereocenters. The molecular weight excluding hydrogens is 473 g/mol. The van der Waals surface area contributed by atoms with E-state index < -0.39 is 21.8 Å². The molecule has 0 aliphatic carbocycles. The first-order valence-corrected chi connectivity index (χ1v) is 13.2. The van der Waals surface area contributed by atoms with E-state index in [-0.39, 0.29) is 33.5 Å². The first-order valence-electron chi connectivity index (χ1n) is 11.8. The number of carboxylic acid groups (broad SMARTS) is 1. The molecule has 188 valence electrons. The zero-order chi connectivity index (χ0) is 25.2.